The van der Waals surface area contributed by atoms with Crippen LogP contribution in [0.15, 0.2) is 0 Å². The summed E-state index contributed by atoms with van der Waals surface area (Å²) >= 11 is 2.87. The highest BCUT2D eigenvalue weighted by Gasteiger charge is 2.48. The SMILES string of the molecule is NC(=O)C(SC1CCCCC1)(SC1CCCCC1)C(N)=O. The summed E-state index contributed by atoms with van der Waals surface area (Å²) < 4.78 is -1.27. The van der Waals surface area contributed by atoms with Crippen molar-refractivity contribution < 1.29 is 9.59 Å². The predicted molar refractivity (Wildman–Crippen MR) is 90.0 cm³/mol. The molecule has 2 fully saturated rings. The second-order valence-corrected chi connectivity index (χ2v) is 9.39. The van der Waals surface area contributed by atoms with E-state index in [1.807, 2.05) is 0 Å². The minimum Gasteiger partial charge on any atom is -0.367 e. The zero-order valence-electron chi connectivity index (χ0n) is 12.5. The Balaban J connectivity index is 2.11. The highest BCUT2D eigenvalue weighted by molar-refractivity contribution is 8.21. The highest BCUT2D eigenvalue weighted by atomic mass is 32.2. The first-order chi connectivity index (χ1) is 10.0. The van der Waals surface area contributed by atoms with Gasteiger partial charge in [0, 0.05) is 10.5 Å². The normalized spacial score (nSPS) is 22.1. The van der Waals surface area contributed by atoms with Gasteiger partial charge in [-0.05, 0) is 25.7 Å². The molecule has 0 saturated heterocycles. The molecule has 2 amide bonds. The van der Waals surface area contributed by atoms with Gasteiger partial charge in [0.05, 0.1) is 0 Å². The van der Waals surface area contributed by atoms with Gasteiger partial charge in [0.15, 0.2) is 0 Å². The van der Waals surface area contributed by atoms with Crippen LogP contribution in [0, 0.1) is 0 Å². The number of carbonyl (C=O) groups excluding carboxylic acids is 2. The lowest BCUT2D eigenvalue weighted by Crippen LogP contribution is -2.51. The number of primary amides is 2. The van der Waals surface area contributed by atoms with E-state index in [9.17, 15) is 9.59 Å². The van der Waals surface area contributed by atoms with Crippen molar-refractivity contribution in [1.29, 1.82) is 0 Å². The maximum Gasteiger partial charge on any atom is 0.253 e. The van der Waals surface area contributed by atoms with Crippen molar-refractivity contribution in [2.75, 3.05) is 0 Å². The van der Waals surface area contributed by atoms with E-state index in [1.54, 1.807) is 0 Å². The summed E-state index contributed by atoms with van der Waals surface area (Å²) in [4.78, 5) is 24.2. The molecule has 0 aromatic rings. The van der Waals surface area contributed by atoms with E-state index in [0.29, 0.717) is 10.5 Å². The largest absolute Gasteiger partial charge is 0.367 e. The molecule has 0 heterocycles. The standard InChI is InChI=1S/C15H26N2O2S2/c16-13(18)15(14(17)19,20-11-7-3-1-4-8-11)21-12-9-5-2-6-10-12/h11-12H,1-10H2,(H2,16,18)(H2,17,19). The molecule has 0 aromatic heterocycles. The van der Waals surface area contributed by atoms with Gasteiger partial charge in [0.25, 0.3) is 11.8 Å². The van der Waals surface area contributed by atoms with Crippen LogP contribution in [0.25, 0.3) is 0 Å². The lowest BCUT2D eigenvalue weighted by atomic mass is 10.0. The van der Waals surface area contributed by atoms with Crippen molar-refractivity contribution in [3.05, 3.63) is 0 Å². The van der Waals surface area contributed by atoms with Gasteiger partial charge in [-0.3, -0.25) is 9.59 Å². The van der Waals surface area contributed by atoms with Crippen LogP contribution >= 0.6 is 23.5 Å². The van der Waals surface area contributed by atoms with Gasteiger partial charge in [-0.15, -0.1) is 23.5 Å². The van der Waals surface area contributed by atoms with Crippen molar-refractivity contribution >= 4 is 35.3 Å². The second-order valence-electron chi connectivity index (χ2n) is 6.10. The Labute approximate surface area is 135 Å². The molecule has 2 aliphatic carbocycles. The molecule has 0 radical (unpaired) electrons. The first-order valence-corrected chi connectivity index (χ1v) is 9.76. The van der Waals surface area contributed by atoms with E-state index in [2.05, 4.69) is 0 Å². The van der Waals surface area contributed by atoms with Crippen LogP contribution < -0.4 is 11.5 Å². The minimum absolute atomic E-state index is 0.329. The Morgan fingerprint density at radius 2 is 1.05 bits per heavy atom. The number of rotatable bonds is 6. The quantitative estimate of drug-likeness (QED) is 0.579. The van der Waals surface area contributed by atoms with Crippen LogP contribution in [-0.2, 0) is 9.59 Å². The summed E-state index contributed by atoms with van der Waals surface area (Å²) in [6, 6.07) is 0. The van der Waals surface area contributed by atoms with E-state index >= 15 is 0 Å². The minimum atomic E-state index is -1.27. The number of carbonyl (C=O) groups is 2. The van der Waals surface area contributed by atoms with Crippen LogP contribution in [0.1, 0.15) is 64.2 Å². The van der Waals surface area contributed by atoms with Gasteiger partial charge >= 0.3 is 0 Å². The summed E-state index contributed by atoms with van der Waals surface area (Å²) in [5.74, 6) is -1.14. The third-order valence-electron chi connectivity index (χ3n) is 4.42. The molecule has 120 valence electrons. The highest BCUT2D eigenvalue weighted by Crippen LogP contribution is 2.47. The predicted octanol–water partition coefficient (Wildman–Crippen LogP) is 2.79. The molecule has 6 heteroatoms. The molecule has 2 aliphatic rings. The molecule has 2 rings (SSSR count). The van der Waals surface area contributed by atoms with E-state index in [0.717, 1.165) is 25.7 Å². The Kier molecular flexibility index (Phi) is 6.29. The number of thioether (sulfide) groups is 2. The smallest absolute Gasteiger partial charge is 0.253 e. The van der Waals surface area contributed by atoms with Gasteiger partial charge in [-0.1, -0.05) is 38.5 Å². The first-order valence-electron chi connectivity index (χ1n) is 8.00. The van der Waals surface area contributed by atoms with Crippen LogP contribution in [0.3, 0.4) is 0 Å². The van der Waals surface area contributed by atoms with Crippen LogP contribution in [-0.4, -0.2) is 26.4 Å². The summed E-state index contributed by atoms with van der Waals surface area (Å²) in [7, 11) is 0. The Morgan fingerprint density at radius 1 is 0.714 bits per heavy atom. The average Bonchev–Trinajstić information content (AvgIpc) is 2.48. The summed E-state index contributed by atoms with van der Waals surface area (Å²) in [5.41, 5.74) is 11.3. The zero-order valence-corrected chi connectivity index (χ0v) is 14.1. The lowest BCUT2D eigenvalue weighted by molar-refractivity contribution is -0.126. The fourth-order valence-corrected chi connectivity index (χ4v) is 6.80. The third-order valence-corrected chi connectivity index (χ3v) is 8.07. The van der Waals surface area contributed by atoms with Crippen LogP contribution in [0.4, 0.5) is 0 Å². The van der Waals surface area contributed by atoms with Gasteiger partial charge < -0.3 is 11.5 Å². The van der Waals surface area contributed by atoms with E-state index < -0.39 is 15.9 Å². The summed E-state index contributed by atoms with van der Waals surface area (Å²) in [6.45, 7) is 0. The Hall–Kier alpha value is -0.360. The number of nitrogens with two attached hydrogens (primary N) is 2. The van der Waals surface area contributed by atoms with E-state index in [1.165, 1.54) is 62.0 Å². The number of hydrogen-bond acceptors (Lipinski definition) is 4. The molecule has 0 aromatic carbocycles. The fourth-order valence-electron chi connectivity index (χ4n) is 3.22. The number of hydrogen-bond donors (Lipinski definition) is 2. The van der Waals surface area contributed by atoms with Gasteiger partial charge in [0.2, 0.25) is 4.08 Å². The van der Waals surface area contributed by atoms with Crippen molar-refractivity contribution in [2.45, 2.75) is 78.8 Å². The maximum absolute atomic E-state index is 12.1. The molecule has 0 unspecified atom stereocenters. The van der Waals surface area contributed by atoms with E-state index in [4.69, 9.17) is 11.5 Å². The molecule has 0 spiro atoms. The Bertz CT molecular complexity index is 342. The van der Waals surface area contributed by atoms with Crippen molar-refractivity contribution in [3.8, 4) is 0 Å². The zero-order chi connectivity index (χ0) is 15.3. The molecular weight excluding hydrogens is 304 g/mol. The van der Waals surface area contributed by atoms with Crippen LogP contribution in [0.5, 0.6) is 0 Å². The topological polar surface area (TPSA) is 86.2 Å². The molecule has 0 aliphatic heterocycles. The second kappa shape index (κ2) is 7.77. The molecule has 0 atom stereocenters. The Morgan fingerprint density at radius 3 is 1.33 bits per heavy atom. The summed E-state index contributed by atoms with van der Waals surface area (Å²) in [6.07, 6.45) is 11.4. The third kappa shape index (κ3) is 4.31. The van der Waals surface area contributed by atoms with Gasteiger partial charge in [-0.25, -0.2) is 0 Å². The molecule has 4 nitrogen and oxygen atoms in total. The maximum atomic E-state index is 12.1. The number of amides is 2. The first kappa shape index (κ1) is 17.0. The molecule has 21 heavy (non-hydrogen) atoms. The van der Waals surface area contributed by atoms with Crippen molar-refractivity contribution in [3.63, 3.8) is 0 Å². The molecule has 4 N–H and O–H groups in total. The van der Waals surface area contributed by atoms with Gasteiger partial charge in [0.1, 0.15) is 0 Å². The monoisotopic (exact) mass is 330 g/mol. The van der Waals surface area contributed by atoms with Gasteiger partial charge in [-0.2, -0.15) is 0 Å². The molecule has 0 bridgehead atoms. The lowest BCUT2D eigenvalue weighted by Gasteiger charge is -2.35. The summed E-state index contributed by atoms with van der Waals surface area (Å²) in [5, 5.41) is 0.657. The van der Waals surface area contributed by atoms with Crippen molar-refractivity contribution in [1.82, 2.24) is 0 Å². The molecular formula is C15H26N2O2S2. The fraction of sp³-hybridized carbons (Fsp3) is 0.867. The van der Waals surface area contributed by atoms with Crippen LogP contribution in [0.2, 0.25) is 0 Å². The average molecular weight is 331 g/mol. The van der Waals surface area contributed by atoms with E-state index in [-0.39, 0.29) is 0 Å². The van der Waals surface area contributed by atoms with Crippen molar-refractivity contribution in [2.24, 2.45) is 11.5 Å². The molecule has 2 saturated carbocycles.